The summed E-state index contributed by atoms with van der Waals surface area (Å²) < 4.78 is 29.9. The van der Waals surface area contributed by atoms with Crippen LogP contribution in [0.1, 0.15) is 6.42 Å². The Morgan fingerprint density at radius 1 is 1.10 bits per heavy atom. The highest BCUT2D eigenvalue weighted by Gasteiger charge is 2.17. The number of nitrogens with two attached hydrogens (primary N) is 1. The van der Waals surface area contributed by atoms with Crippen LogP contribution in [0.3, 0.4) is 0 Å². The topological polar surface area (TPSA) is 69.4 Å². The molecule has 0 unspecified atom stereocenters. The Balaban J connectivity index is 1.94. The maximum absolute atomic E-state index is 12.2. The van der Waals surface area contributed by atoms with Gasteiger partial charge in [0.05, 0.1) is 22.9 Å². The van der Waals surface area contributed by atoms with Gasteiger partial charge in [0.1, 0.15) is 5.75 Å². The van der Waals surface area contributed by atoms with Gasteiger partial charge in [-0.2, -0.15) is 0 Å². The minimum atomic E-state index is -3.46. The summed E-state index contributed by atoms with van der Waals surface area (Å²) in [6, 6.07) is 13.7. The Bertz CT molecular complexity index is 702. The zero-order chi connectivity index (χ0) is 15.3. The third-order valence-corrected chi connectivity index (χ3v) is 4.96. The van der Waals surface area contributed by atoms with E-state index >= 15 is 0 Å². The number of halogens is 1. The highest BCUT2D eigenvalue weighted by atomic mass is 35.5. The standard InChI is InChI=1S/C15H16ClNO3S/c16-12-7-8-14(17)15(11-12)21(18,19)10-4-9-20-13-5-2-1-3-6-13/h1-3,5-8,11H,4,9-10,17H2. The van der Waals surface area contributed by atoms with Crippen molar-refractivity contribution in [1.29, 1.82) is 0 Å². The third-order valence-electron chi connectivity index (χ3n) is 2.88. The molecule has 0 aliphatic carbocycles. The zero-order valence-corrected chi connectivity index (χ0v) is 12.9. The van der Waals surface area contributed by atoms with Crippen molar-refractivity contribution in [2.24, 2.45) is 0 Å². The number of nitrogen functional groups attached to an aromatic ring is 1. The van der Waals surface area contributed by atoms with E-state index in [0.717, 1.165) is 5.75 Å². The van der Waals surface area contributed by atoms with Crippen LogP contribution in [0.15, 0.2) is 53.4 Å². The van der Waals surface area contributed by atoms with Crippen molar-refractivity contribution in [3.8, 4) is 5.75 Å². The molecule has 4 nitrogen and oxygen atoms in total. The molecule has 0 atom stereocenters. The molecule has 6 heteroatoms. The molecule has 112 valence electrons. The van der Waals surface area contributed by atoms with E-state index in [2.05, 4.69) is 0 Å². The lowest BCUT2D eigenvalue weighted by Crippen LogP contribution is -2.12. The highest BCUT2D eigenvalue weighted by molar-refractivity contribution is 7.91. The highest BCUT2D eigenvalue weighted by Crippen LogP contribution is 2.24. The molecule has 0 radical (unpaired) electrons. The fourth-order valence-electron chi connectivity index (χ4n) is 1.84. The molecular formula is C15H16ClNO3S. The molecule has 21 heavy (non-hydrogen) atoms. The Morgan fingerprint density at radius 3 is 2.52 bits per heavy atom. The van der Waals surface area contributed by atoms with Gasteiger partial charge in [0.2, 0.25) is 0 Å². The van der Waals surface area contributed by atoms with Gasteiger partial charge in [-0.3, -0.25) is 0 Å². The number of rotatable bonds is 6. The first-order chi connectivity index (χ1) is 9.99. The molecule has 0 aromatic heterocycles. The van der Waals surface area contributed by atoms with Gasteiger partial charge in [-0.05, 0) is 36.8 Å². The molecule has 0 fully saturated rings. The van der Waals surface area contributed by atoms with Crippen molar-refractivity contribution < 1.29 is 13.2 Å². The first-order valence-electron chi connectivity index (χ1n) is 6.45. The molecule has 0 aliphatic heterocycles. The van der Waals surface area contributed by atoms with Crippen molar-refractivity contribution in [2.75, 3.05) is 18.1 Å². The predicted molar refractivity (Wildman–Crippen MR) is 84.5 cm³/mol. The lowest BCUT2D eigenvalue weighted by Gasteiger charge is -2.09. The van der Waals surface area contributed by atoms with Crippen LogP contribution in [0.25, 0.3) is 0 Å². The maximum Gasteiger partial charge on any atom is 0.180 e. The molecule has 0 heterocycles. The molecule has 2 N–H and O–H groups in total. The van der Waals surface area contributed by atoms with Gasteiger partial charge in [-0.1, -0.05) is 29.8 Å². The van der Waals surface area contributed by atoms with Crippen LogP contribution in [0.2, 0.25) is 5.02 Å². The number of hydrogen-bond donors (Lipinski definition) is 1. The molecule has 0 saturated carbocycles. The van der Waals surface area contributed by atoms with Crippen molar-refractivity contribution in [2.45, 2.75) is 11.3 Å². The molecular weight excluding hydrogens is 310 g/mol. The molecule has 0 amide bonds. The first-order valence-corrected chi connectivity index (χ1v) is 8.48. The van der Waals surface area contributed by atoms with E-state index in [1.165, 1.54) is 12.1 Å². The summed E-state index contributed by atoms with van der Waals surface area (Å²) in [4.78, 5) is 0.0784. The van der Waals surface area contributed by atoms with Gasteiger partial charge in [0, 0.05) is 5.02 Å². The second-order valence-electron chi connectivity index (χ2n) is 4.52. The SMILES string of the molecule is Nc1ccc(Cl)cc1S(=O)(=O)CCCOc1ccccc1. The normalized spacial score (nSPS) is 11.3. The van der Waals surface area contributed by atoms with E-state index in [4.69, 9.17) is 22.1 Å². The quantitative estimate of drug-likeness (QED) is 0.654. The largest absolute Gasteiger partial charge is 0.494 e. The number of sulfone groups is 1. The van der Waals surface area contributed by atoms with Crippen molar-refractivity contribution in [3.63, 3.8) is 0 Å². The van der Waals surface area contributed by atoms with E-state index in [9.17, 15) is 8.42 Å². The van der Waals surface area contributed by atoms with Crippen LogP contribution in [0, 0.1) is 0 Å². The molecule has 2 aromatic carbocycles. The average molecular weight is 326 g/mol. The third kappa shape index (κ3) is 4.37. The Kier molecular flexibility index (Phi) is 5.09. The Morgan fingerprint density at radius 2 is 1.81 bits per heavy atom. The van der Waals surface area contributed by atoms with Crippen molar-refractivity contribution in [3.05, 3.63) is 53.6 Å². The van der Waals surface area contributed by atoms with Crippen molar-refractivity contribution in [1.82, 2.24) is 0 Å². The van der Waals surface area contributed by atoms with E-state index in [0.29, 0.717) is 18.1 Å². The van der Waals surface area contributed by atoms with E-state index < -0.39 is 9.84 Å². The fourth-order valence-corrected chi connectivity index (χ4v) is 3.53. The summed E-state index contributed by atoms with van der Waals surface area (Å²) in [6.45, 7) is 0.323. The second kappa shape index (κ2) is 6.83. The van der Waals surface area contributed by atoms with E-state index in [1.54, 1.807) is 6.07 Å². The molecule has 0 aliphatic rings. The molecule has 0 bridgehead atoms. The summed E-state index contributed by atoms with van der Waals surface area (Å²) in [5, 5.41) is 0.350. The lowest BCUT2D eigenvalue weighted by molar-refractivity contribution is 0.317. The minimum Gasteiger partial charge on any atom is -0.494 e. The molecule has 2 rings (SSSR count). The predicted octanol–water partition coefficient (Wildman–Crippen LogP) is 3.17. The number of hydrogen-bond acceptors (Lipinski definition) is 4. The summed E-state index contributed by atoms with van der Waals surface area (Å²) in [5.41, 5.74) is 5.91. The van der Waals surface area contributed by atoms with Gasteiger partial charge >= 0.3 is 0 Å². The van der Waals surface area contributed by atoms with Gasteiger partial charge in [0.15, 0.2) is 9.84 Å². The summed E-state index contributed by atoms with van der Waals surface area (Å²) in [6.07, 6.45) is 0.378. The van der Waals surface area contributed by atoms with Crippen LogP contribution < -0.4 is 10.5 Å². The minimum absolute atomic E-state index is 0.0373. The van der Waals surface area contributed by atoms with Gasteiger partial charge in [0.25, 0.3) is 0 Å². The van der Waals surface area contributed by atoms with Gasteiger partial charge in [-0.25, -0.2) is 8.42 Å². The van der Waals surface area contributed by atoms with Gasteiger partial charge < -0.3 is 10.5 Å². The second-order valence-corrected chi connectivity index (χ2v) is 7.03. The number of benzene rings is 2. The Labute approximate surface area is 129 Å². The summed E-state index contributed by atoms with van der Waals surface area (Å²) in [7, 11) is -3.46. The molecule has 0 saturated heterocycles. The fraction of sp³-hybridized carbons (Fsp3) is 0.200. The van der Waals surface area contributed by atoms with Crippen molar-refractivity contribution >= 4 is 27.1 Å². The monoisotopic (exact) mass is 325 g/mol. The van der Waals surface area contributed by atoms with Crippen LogP contribution in [0.5, 0.6) is 5.75 Å². The van der Waals surface area contributed by atoms with E-state index in [1.807, 2.05) is 30.3 Å². The molecule has 2 aromatic rings. The van der Waals surface area contributed by atoms with Crippen LogP contribution >= 0.6 is 11.6 Å². The lowest BCUT2D eigenvalue weighted by atomic mass is 10.3. The average Bonchev–Trinajstić information content (AvgIpc) is 2.47. The number of ether oxygens (including phenoxy) is 1. The number of anilines is 1. The zero-order valence-electron chi connectivity index (χ0n) is 11.3. The van der Waals surface area contributed by atoms with Crippen LogP contribution in [-0.4, -0.2) is 20.8 Å². The Hall–Kier alpha value is -1.72. The first kappa shape index (κ1) is 15.7. The van der Waals surface area contributed by atoms with Gasteiger partial charge in [-0.15, -0.1) is 0 Å². The van der Waals surface area contributed by atoms with E-state index in [-0.39, 0.29) is 16.3 Å². The summed E-state index contributed by atoms with van der Waals surface area (Å²) in [5.74, 6) is 0.682. The van der Waals surface area contributed by atoms with Crippen LogP contribution in [-0.2, 0) is 9.84 Å². The maximum atomic E-state index is 12.2. The molecule has 0 spiro atoms. The van der Waals surface area contributed by atoms with Crippen LogP contribution in [0.4, 0.5) is 5.69 Å². The summed E-state index contributed by atoms with van der Waals surface area (Å²) >= 11 is 5.82. The smallest absolute Gasteiger partial charge is 0.180 e. The number of para-hydroxylation sites is 1.